The number of anilines is 2. The molecule has 0 aliphatic heterocycles. The largest absolute Gasteiger partial charge is 0.397 e. The number of ketones is 1. The molecule has 3 nitrogen and oxygen atoms in total. The Balaban J connectivity index is 2.06. The highest BCUT2D eigenvalue weighted by atomic mass is 32.1. The van der Waals surface area contributed by atoms with Gasteiger partial charge in [0.1, 0.15) is 5.82 Å². The Bertz CT molecular complexity index is 580. The van der Waals surface area contributed by atoms with Crippen molar-refractivity contribution in [2.24, 2.45) is 0 Å². The number of rotatable bonds is 4. The summed E-state index contributed by atoms with van der Waals surface area (Å²) < 4.78 is 13.0. The van der Waals surface area contributed by atoms with E-state index in [0.717, 1.165) is 10.6 Å². The van der Waals surface area contributed by atoms with Gasteiger partial charge in [0.15, 0.2) is 5.78 Å². The molecule has 0 fully saturated rings. The molecule has 5 heteroatoms. The van der Waals surface area contributed by atoms with Gasteiger partial charge in [-0.25, -0.2) is 4.39 Å². The van der Waals surface area contributed by atoms with Crippen LogP contribution in [0, 0.1) is 5.82 Å². The standard InChI is InChI=1S/C13H13FN2OS/c1-8(17)13-11(15)6-12(18-13)16-7-9-3-2-4-10(14)5-9/h2-6,16H,7,15H2,1H3. The molecule has 18 heavy (non-hydrogen) atoms. The maximum Gasteiger partial charge on any atom is 0.171 e. The van der Waals surface area contributed by atoms with Crippen LogP contribution in [0.5, 0.6) is 0 Å². The zero-order chi connectivity index (χ0) is 13.1. The van der Waals surface area contributed by atoms with Crippen molar-refractivity contribution < 1.29 is 9.18 Å². The molecule has 1 aromatic heterocycles. The quantitative estimate of drug-likeness (QED) is 0.833. The molecule has 2 aromatic rings. The Morgan fingerprint density at radius 2 is 2.22 bits per heavy atom. The van der Waals surface area contributed by atoms with Crippen LogP contribution in [0.4, 0.5) is 15.1 Å². The Hall–Kier alpha value is -1.88. The van der Waals surface area contributed by atoms with Gasteiger partial charge in [0.05, 0.1) is 15.6 Å². The highest BCUT2D eigenvalue weighted by molar-refractivity contribution is 7.18. The summed E-state index contributed by atoms with van der Waals surface area (Å²) in [5.41, 5.74) is 7.04. The molecule has 0 bridgehead atoms. The number of Topliss-reactive ketones (excluding diaryl/α,β-unsaturated/α-hetero) is 1. The second-order valence-corrected chi connectivity index (χ2v) is 4.99. The first-order valence-corrected chi connectivity index (χ1v) is 6.26. The van der Waals surface area contributed by atoms with E-state index in [9.17, 15) is 9.18 Å². The van der Waals surface area contributed by atoms with Gasteiger partial charge in [0.2, 0.25) is 0 Å². The minimum absolute atomic E-state index is 0.0451. The zero-order valence-corrected chi connectivity index (χ0v) is 10.7. The Labute approximate surface area is 108 Å². The predicted molar refractivity (Wildman–Crippen MR) is 72.5 cm³/mol. The van der Waals surface area contributed by atoms with E-state index in [2.05, 4.69) is 5.32 Å². The van der Waals surface area contributed by atoms with Gasteiger partial charge in [-0.05, 0) is 23.8 Å². The number of nitrogens with two attached hydrogens (primary N) is 1. The van der Waals surface area contributed by atoms with Gasteiger partial charge in [-0.3, -0.25) is 4.79 Å². The van der Waals surface area contributed by atoms with Crippen molar-refractivity contribution in [3.63, 3.8) is 0 Å². The molecular formula is C13H13FN2OS. The number of carbonyl (C=O) groups excluding carboxylic acids is 1. The lowest BCUT2D eigenvalue weighted by molar-refractivity contribution is 0.102. The Morgan fingerprint density at radius 1 is 1.44 bits per heavy atom. The zero-order valence-electron chi connectivity index (χ0n) is 9.87. The fourth-order valence-corrected chi connectivity index (χ4v) is 2.47. The summed E-state index contributed by atoms with van der Waals surface area (Å²) in [7, 11) is 0. The molecule has 0 aliphatic carbocycles. The van der Waals surface area contributed by atoms with Crippen molar-refractivity contribution in [1.82, 2.24) is 0 Å². The average molecular weight is 264 g/mol. The molecule has 3 N–H and O–H groups in total. The third-order valence-electron chi connectivity index (χ3n) is 2.44. The first-order valence-electron chi connectivity index (χ1n) is 5.45. The minimum Gasteiger partial charge on any atom is -0.397 e. The van der Waals surface area contributed by atoms with Gasteiger partial charge in [-0.1, -0.05) is 12.1 Å². The molecule has 2 rings (SSSR count). The third-order valence-corrected chi connectivity index (χ3v) is 3.65. The van der Waals surface area contributed by atoms with E-state index in [4.69, 9.17) is 5.73 Å². The molecule has 0 radical (unpaired) electrons. The number of nitrogens with one attached hydrogen (secondary N) is 1. The molecule has 1 heterocycles. The van der Waals surface area contributed by atoms with Crippen molar-refractivity contribution in [2.75, 3.05) is 11.1 Å². The van der Waals surface area contributed by atoms with Gasteiger partial charge in [-0.15, -0.1) is 11.3 Å². The van der Waals surface area contributed by atoms with E-state index in [1.807, 2.05) is 6.07 Å². The smallest absolute Gasteiger partial charge is 0.171 e. The van der Waals surface area contributed by atoms with Gasteiger partial charge in [-0.2, -0.15) is 0 Å². The molecule has 0 atom stereocenters. The van der Waals surface area contributed by atoms with Gasteiger partial charge >= 0.3 is 0 Å². The number of nitrogen functional groups attached to an aromatic ring is 1. The average Bonchev–Trinajstić information content (AvgIpc) is 2.68. The highest BCUT2D eigenvalue weighted by Crippen LogP contribution is 2.29. The molecular weight excluding hydrogens is 251 g/mol. The van der Waals surface area contributed by atoms with Crippen molar-refractivity contribution in [2.45, 2.75) is 13.5 Å². The Kier molecular flexibility index (Phi) is 3.62. The van der Waals surface area contributed by atoms with Crippen LogP contribution in [0.25, 0.3) is 0 Å². The number of carbonyl (C=O) groups is 1. The highest BCUT2D eigenvalue weighted by Gasteiger charge is 2.10. The van der Waals surface area contributed by atoms with E-state index in [0.29, 0.717) is 17.1 Å². The van der Waals surface area contributed by atoms with Crippen LogP contribution in [0.2, 0.25) is 0 Å². The summed E-state index contributed by atoms with van der Waals surface area (Å²) in [6, 6.07) is 8.09. The Morgan fingerprint density at radius 3 is 2.83 bits per heavy atom. The van der Waals surface area contributed by atoms with Crippen LogP contribution in [0.1, 0.15) is 22.2 Å². The van der Waals surface area contributed by atoms with Crippen LogP contribution >= 0.6 is 11.3 Å². The van der Waals surface area contributed by atoms with Gasteiger partial charge < -0.3 is 11.1 Å². The van der Waals surface area contributed by atoms with E-state index < -0.39 is 0 Å². The van der Waals surface area contributed by atoms with Gasteiger partial charge in [0.25, 0.3) is 0 Å². The molecule has 94 valence electrons. The molecule has 1 aromatic carbocycles. The van der Waals surface area contributed by atoms with Crippen molar-refractivity contribution in [3.05, 3.63) is 46.6 Å². The van der Waals surface area contributed by atoms with E-state index in [-0.39, 0.29) is 11.6 Å². The number of halogens is 1. The van der Waals surface area contributed by atoms with E-state index in [1.165, 1.54) is 30.4 Å². The SMILES string of the molecule is CC(=O)c1sc(NCc2cccc(F)c2)cc1N. The summed E-state index contributed by atoms with van der Waals surface area (Å²) in [5, 5.41) is 3.93. The van der Waals surface area contributed by atoms with Crippen LogP contribution in [0.15, 0.2) is 30.3 Å². The number of hydrogen-bond acceptors (Lipinski definition) is 4. The second kappa shape index (κ2) is 5.18. The number of benzene rings is 1. The van der Waals surface area contributed by atoms with Crippen LogP contribution in [0.3, 0.4) is 0 Å². The second-order valence-electron chi connectivity index (χ2n) is 3.93. The molecule has 0 amide bonds. The van der Waals surface area contributed by atoms with Crippen LogP contribution in [-0.2, 0) is 6.54 Å². The number of thiophene rings is 1. The molecule has 0 unspecified atom stereocenters. The predicted octanol–water partition coefficient (Wildman–Crippen LogP) is 3.28. The van der Waals surface area contributed by atoms with Crippen molar-refractivity contribution in [1.29, 1.82) is 0 Å². The molecule has 0 spiro atoms. The van der Waals surface area contributed by atoms with Crippen molar-refractivity contribution in [3.8, 4) is 0 Å². The monoisotopic (exact) mass is 264 g/mol. The van der Waals surface area contributed by atoms with Crippen molar-refractivity contribution >= 4 is 27.8 Å². The lowest BCUT2D eigenvalue weighted by Gasteiger charge is -2.03. The fraction of sp³-hybridized carbons (Fsp3) is 0.154. The van der Waals surface area contributed by atoms with Crippen LogP contribution < -0.4 is 11.1 Å². The topological polar surface area (TPSA) is 55.1 Å². The van der Waals surface area contributed by atoms with E-state index >= 15 is 0 Å². The molecule has 0 aliphatic rings. The first kappa shape index (κ1) is 12.6. The van der Waals surface area contributed by atoms with Gasteiger partial charge in [0, 0.05) is 13.5 Å². The lowest BCUT2D eigenvalue weighted by Crippen LogP contribution is -1.97. The van der Waals surface area contributed by atoms with Crippen LogP contribution in [-0.4, -0.2) is 5.78 Å². The minimum atomic E-state index is -0.260. The lowest BCUT2D eigenvalue weighted by atomic mass is 10.2. The summed E-state index contributed by atoms with van der Waals surface area (Å²) in [6.07, 6.45) is 0. The first-order chi connectivity index (χ1) is 8.56. The molecule has 0 saturated heterocycles. The fourth-order valence-electron chi connectivity index (χ4n) is 1.60. The van der Waals surface area contributed by atoms with E-state index in [1.54, 1.807) is 12.1 Å². The summed E-state index contributed by atoms with van der Waals surface area (Å²) >= 11 is 1.31. The summed E-state index contributed by atoms with van der Waals surface area (Å²) in [6.45, 7) is 1.98. The maximum absolute atomic E-state index is 13.0. The third kappa shape index (κ3) is 2.87. The number of hydrogen-bond donors (Lipinski definition) is 2. The summed E-state index contributed by atoms with van der Waals surface area (Å²) in [5.74, 6) is -0.305. The normalized spacial score (nSPS) is 10.3. The molecule has 0 saturated carbocycles. The summed E-state index contributed by atoms with van der Waals surface area (Å²) in [4.78, 5) is 11.8. The maximum atomic E-state index is 13.0.